The molecule has 1 unspecified atom stereocenters. The highest BCUT2D eigenvalue weighted by Gasteiger charge is 1.98. The number of pyridine rings is 1. The molecule has 1 N–H and O–H groups in total. The maximum Gasteiger partial charge on any atom is 0.0567 e. The van der Waals surface area contributed by atoms with Crippen LogP contribution in [0.1, 0.15) is 18.3 Å². The second kappa shape index (κ2) is 3.49. The van der Waals surface area contributed by atoms with Gasteiger partial charge in [-0.15, -0.1) is 0 Å². The lowest BCUT2D eigenvalue weighted by Crippen LogP contribution is -2.05. The molecule has 0 bridgehead atoms. The largest absolute Gasteiger partial charge is 0.393 e. The van der Waals surface area contributed by atoms with Gasteiger partial charge in [-0.25, -0.2) is 0 Å². The van der Waals surface area contributed by atoms with Crippen LogP contribution < -0.4 is 0 Å². The van der Waals surface area contributed by atoms with Crippen LogP contribution in [0.4, 0.5) is 0 Å². The lowest BCUT2D eigenvalue weighted by atomic mass is 10.2. The van der Waals surface area contributed by atoms with Gasteiger partial charge in [0.05, 0.1) is 6.10 Å². The SMILES string of the molecule is Cc1cccc(CC(C)O)n1. The molecule has 1 rings (SSSR count). The van der Waals surface area contributed by atoms with Crippen LogP contribution in [0.25, 0.3) is 0 Å². The molecule has 2 nitrogen and oxygen atoms in total. The summed E-state index contributed by atoms with van der Waals surface area (Å²) in [6, 6.07) is 5.84. The average molecular weight is 151 g/mol. The zero-order valence-corrected chi connectivity index (χ0v) is 6.91. The van der Waals surface area contributed by atoms with Crippen LogP contribution in [0.5, 0.6) is 0 Å². The molecule has 11 heavy (non-hydrogen) atoms. The molecule has 1 aromatic heterocycles. The Kier molecular flexibility index (Phi) is 2.60. The van der Waals surface area contributed by atoms with E-state index in [-0.39, 0.29) is 6.10 Å². The van der Waals surface area contributed by atoms with E-state index in [1.54, 1.807) is 6.92 Å². The van der Waals surface area contributed by atoms with Crippen LogP contribution in [0, 0.1) is 6.92 Å². The van der Waals surface area contributed by atoms with Gasteiger partial charge in [0, 0.05) is 17.8 Å². The van der Waals surface area contributed by atoms with E-state index in [0.717, 1.165) is 11.4 Å². The molecule has 1 aromatic rings. The summed E-state index contributed by atoms with van der Waals surface area (Å²) >= 11 is 0. The number of nitrogens with zero attached hydrogens (tertiary/aromatic N) is 1. The first kappa shape index (κ1) is 8.21. The molecule has 0 aromatic carbocycles. The van der Waals surface area contributed by atoms with Gasteiger partial charge in [-0.1, -0.05) is 6.07 Å². The van der Waals surface area contributed by atoms with Crippen LogP contribution in [0.3, 0.4) is 0 Å². The molecule has 1 atom stereocenters. The molecule has 0 radical (unpaired) electrons. The molecule has 0 spiro atoms. The van der Waals surface area contributed by atoms with Crippen LogP contribution in [-0.4, -0.2) is 16.2 Å². The van der Waals surface area contributed by atoms with E-state index >= 15 is 0 Å². The topological polar surface area (TPSA) is 33.1 Å². The maximum absolute atomic E-state index is 9.06. The highest BCUT2D eigenvalue weighted by molar-refractivity contribution is 5.10. The number of rotatable bonds is 2. The van der Waals surface area contributed by atoms with Crippen LogP contribution in [-0.2, 0) is 6.42 Å². The van der Waals surface area contributed by atoms with E-state index in [2.05, 4.69) is 4.98 Å². The van der Waals surface area contributed by atoms with E-state index in [1.807, 2.05) is 25.1 Å². The Morgan fingerprint density at radius 3 is 2.82 bits per heavy atom. The molecule has 0 amide bonds. The third-order valence-corrected chi connectivity index (χ3v) is 1.45. The molecule has 0 aliphatic carbocycles. The van der Waals surface area contributed by atoms with Crippen molar-refractivity contribution in [2.24, 2.45) is 0 Å². The molecule has 0 aliphatic rings. The Morgan fingerprint density at radius 2 is 2.27 bits per heavy atom. The summed E-state index contributed by atoms with van der Waals surface area (Å²) in [5, 5.41) is 9.06. The number of aryl methyl sites for hydroxylation is 1. The van der Waals surface area contributed by atoms with Gasteiger partial charge in [0.15, 0.2) is 0 Å². The number of aromatic nitrogens is 1. The summed E-state index contributed by atoms with van der Waals surface area (Å²) in [5.74, 6) is 0. The molecule has 1 heterocycles. The van der Waals surface area contributed by atoms with E-state index < -0.39 is 0 Å². The number of hydrogen-bond donors (Lipinski definition) is 1. The van der Waals surface area contributed by atoms with E-state index in [4.69, 9.17) is 5.11 Å². The minimum Gasteiger partial charge on any atom is -0.393 e. The number of aliphatic hydroxyl groups is 1. The van der Waals surface area contributed by atoms with Gasteiger partial charge in [-0.3, -0.25) is 4.98 Å². The molecular formula is C9H13NO. The molecule has 0 saturated carbocycles. The Labute approximate surface area is 66.9 Å². The quantitative estimate of drug-likeness (QED) is 0.691. The summed E-state index contributed by atoms with van der Waals surface area (Å²) in [6.45, 7) is 3.72. The van der Waals surface area contributed by atoms with Gasteiger partial charge in [0.25, 0.3) is 0 Å². The second-order valence-electron chi connectivity index (χ2n) is 2.82. The fraction of sp³-hybridized carbons (Fsp3) is 0.444. The third-order valence-electron chi connectivity index (χ3n) is 1.45. The molecule has 60 valence electrons. The number of hydrogen-bond acceptors (Lipinski definition) is 2. The van der Waals surface area contributed by atoms with Crippen molar-refractivity contribution in [3.63, 3.8) is 0 Å². The van der Waals surface area contributed by atoms with Crippen LogP contribution in [0.2, 0.25) is 0 Å². The average Bonchev–Trinajstić information content (AvgIpc) is 1.85. The van der Waals surface area contributed by atoms with Crippen molar-refractivity contribution < 1.29 is 5.11 Å². The highest BCUT2D eigenvalue weighted by Crippen LogP contribution is 2.01. The Balaban J connectivity index is 2.71. The van der Waals surface area contributed by atoms with Crippen molar-refractivity contribution >= 4 is 0 Å². The van der Waals surface area contributed by atoms with Crippen molar-refractivity contribution in [3.05, 3.63) is 29.6 Å². The van der Waals surface area contributed by atoms with Gasteiger partial charge in [-0.05, 0) is 26.0 Å². The first-order chi connectivity index (χ1) is 5.18. The van der Waals surface area contributed by atoms with E-state index in [0.29, 0.717) is 6.42 Å². The van der Waals surface area contributed by atoms with Crippen LogP contribution >= 0.6 is 0 Å². The Bertz CT molecular complexity index is 233. The zero-order valence-electron chi connectivity index (χ0n) is 6.91. The van der Waals surface area contributed by atoms with Crippen molar-refractivity contribution in [2.45, 2.75) is 26.4 Å². The lowest BCUT2D eigenvalue weighted by molar-refractivity contribution is 0.194. The van der Waals surface area contributed by atoms with Gasteiger partial charge >= 0.3 is 0 Å². The summed E-state index contributed by atoms with van der Waals surface area (Å²) in [5.41, 5.74) is 1.96. The number of aliphatic hydroxyl groups excluding tert-OH is 1. The summed E-state index contributed by atoms with van der Waals surface area (Å²) in [6.07, 6.45) is 0.339. The predicted octanol–water partition coefficient (Wildman–Crippen LogP) is 1.31. The molecular weight excluding hydrogens is 138 g/mol. The zero-order chi connectivity index (χ0) is 8.27. The fourth-order valence-electron chi connectivity index (χ4n) is 1.02. The monoisotopic (exact) mass is 151 g/mol. The van der Waals surface area contributed by atoms with Gasteiger partial charge < -0.3 is 5.11 Å². The molecule has 0 aliphatic heterocycles. The smallest absolute Gasteiger partial charge is 0.0567 e. The standard InChI is InChI=1S/C9H13NO/c1-7-4-3-5-9(10-7)6-8(2)11/h3-5,8,11H,6H2,1-2H3. The van der Waals surface area contributed by atoms with Gasteiger partial charge in [-0.2, -0.15) is 0 Å². The van der Waals surface area contributed by atoms with Gasteiger partial charge in [0.1, 0.15) is 0 Å². The van der Waals surface area contributed by atoms with Gasteiger partial charge in [0.2, 0.25) is 0 Å². The highest BCUT2D eigenvalue weighted by atomic mass is 16.3. The van der Waals surface area contributed by atoms with Crippen molar-refractivity contribution in [1.82, 2.24) is 4.98 Å². The second-order valence-corrected chi connectivity index (χ2v) is 2.82. The minimum atomic E-state index is -0.302. The summed E-state index contributed by atoms with van der Waals surface area (Å²) in [4.78, 5) is 4.25. The van der Waals surface area contributed by atoms with E-state index in [1.165, 1.54) is 0 Å². The van der Waals surface area contributed by atoms with Crippen molar-refractivity contribution in [1.29, 1.82) is 0 Å². The Morgan fingerprint density at radius 1 is 1.55 bits per heavy atom. The van der Waals surface area contributed by atoms with Crippen molar-refractivity contribution in [3.8, 4) is 0 Å². The molecule has 0 saturated heterocycles. The Hall–Kier alpha value is -0.890. The summed E-state index contributed by atoms with van der Waals surface area (Å²) < 4.78 is 0. The first-order valence-electron chi connectivity index (χ1n) is 3.79. The molecule has 2 heteroatoms. The lowest BCUT2D eigenvalue weighted by Gasteiger charge is -2.03. The van der Waals surface area contributed by atoms with E-state index in [9.17, 15) is 0 Å². The minimum absolute atomic E-state index is 0.302. The first-order valence-corrected chi connectivity index (χ1v) is 3.79. The fourth-order valence-corrected chi connectivity index (χ4v) is 1.02. The third kappa shape index (κ3) is 2.68. The summed E-state index contributed by atoms with van der Waals surface area (Å²) in [7, 11) is 0. The normalized spacial score (nSPS) is 13.0. The molecule has 0 fully saturated rings. The van der Waals surface area contributed by atoms with Crippen LogP contribution in [0.15, 0.2) is 18.2 Å². The predicted molar refractivity (Wildman–Crippen MR) is 44.4 cm³/mol. The maximum atomic E-state index is 9.06. The van der Waals surface area contributed by atoms with Crippen molar-refractivity contribution in [2.75, 3.05) is 0 Å².